The summed E-state index contributed by atoms with van der Waals surface area (Å²) in [5, 5.41) is 14.4. The number of hydrogen-bond donors (Lipinski definition) is 1. The molecule has 2 rings (SSSR count). The molecular formula is C15H14ClFN2O2. The van der Waals surface area contributed by atoms with Crippen LogP contribution in [0.3, 0.4) is 0 Å². The molecule has 21 heavy (non-hydrogen) atoms. The topological polar surface area (TPSA) is 55.2 Å². The van der Waals surface area contributed by atoms with Gasteiger partial charge in [0.15, 0.2) is 0 Å². The van der Waals surface area contributed by atoms with Gasteiger partial charge in [0.25, 0.3) is 5.69 Å². The minimum atomic E-state index is -0.421. The van der Waals surface area contributed by atoms with Crippen LogP contribution in [0.4, 0.5) is 15.8 Å². The molecule has 0 aliphatic carbocycles. The SMILES string of the molecule is Cc1c(NC(C)c2ccc(F)cc2Cl)cccc1[N+](=O)[O-]. The van der Waals surface area contributed by atoms with E-state index >= 15 is 0 Å². The molecule has 0 heterocycles. The van der Waals surface area contributed by atoms with E-state index in [-0.39, 0.29) is 11.7 Å². The lowest BCUT2D eigenvalue weighted by Crippen LogP contribution is -2.09. The van der Waals surface area contributed by atoms with E-state index in [2.05, 4.69) is 5.32 Å². The van der Waals surface area contributed by atoms with E-state index in [1.54, 1.807) is 25.1 Å². The van der Waals surface area contributed by atoms with Gasteiger partial charge < -0.3 is 5.32 Å². The number of nitrogens with zero attached hydrogens (tertiary/aromatic N) is 1. The van der Waals surface area contributed by atoms with Gasteiger partial charge in [0.05, 0.1) is 11.0 Å². The van der Waals surface area contributed by atoms with Gasteiger partial charge in [-0.2, -0.15) is 0 Å². The first-order valence-electron chi connectivity index (χ1n) is 6.35. The van der Waals surface area contributed by atoms with Crippen LogP contribution in [0.5, 0.6) is 0 Å². The molecule has 0 aliphatic rings. The van der Waals surface area contributed by atoms with Gasteiger partial charge in [-0.15, -0.1) is 0 Å². The van der Waals surface area contributed by atoms with Crippen LogP contribution in [0, 0.1) is 22.9 Å². The Hall–Kier alpha value is -2.14. The predicted octanol–water partition coefficient (Wildman–Crippen LogP) is 4.87. The molecule has 0 radical (unpaired) electrons. The van der Waals surface area contributed by atoms with Crippen LogP contribution in [-0.4, -0.2) is 4.92 Å². The van der Waals surface area contributed by atoms with E-state index in [0.29, 0.717) is 16.3 Å². The summed E-state index contributed by atoms with van der Waals surface area (Å²) >= 11 is 6.02. The summed E-state index contributed by atoms with van der Waals surface area (Å²) in [5.41, 5.74) is 1.98. The molecule has 2 aromatic carbocycles. The largest absolute Gasteiger partial charge is 0.378 e. The average Bonchev–Trinajstić information content (AvgIpc) is 2.40. The third kappa shape index (κ3) is 3.31. The highest BCUT2D eigenvalue weighted by atomic mass is 35.5. The fraction of sp³-hybridized carbons (Fsp3) is 0.200. The zero-order chi connectivity index (χ0) is 15.6. The van der Waals surface area contributed by atoms with Gasteiger partial charge in [-0.25, -0.2) is 4.39 Å². The van der Waals surface area contributed by atoms with Gasteiger partial charge >= 0.3 is 0 Å². The monoisotopic (exact) mass is 308 g/mol. The maximum atomic E-state index is 13.1. The number of nitro groups is 1. The summed E-state index contributed by atoms with van der Waals surface area (Å²) in [7, 11) is 0. The van der Waals surface area contributed by atoms with Gasteiger partial charge in [0.2, 0.25) is 0 Å². The molecule has 110 valence electrons. The Morgan fingerprint density at radius 2 is 2.05 bits per heavy atom. The summed E-state index contributed by atoms with van der Waals surface area (Å²) in [5.74, 6) is -0.400. The molecule has 4 nitrogen and oxygen atoms in total. The first kappa shape index (κ1) is 15.3. The molecule has 0 fully saturated rings. The van der Waals surface area contributed by atoms with Crippen LogP contribution in [0.2, 0.25) is 5.02 Å². The van der Waals surface area contributed by atoms with Gasteiger partial charge in [0.1, 0.15) is 5.82 Å². The predicted molar refractivity (Wildman–Crippen MR) is 81.3 cm³/mol. The minimum absolute atomic E-state index is 0.0532. The van der Waals surface area contributed by atoms with Crippen molar-refractivity contribution >= 4 is 23.0 Å². The lowest BCUT2D eigenvalue weighted by Gasteiger charge is -2.18. The van der Waals surface area contributed by atoms with Crippen molar-refractivity contribution in [3.05, 3.63) is 68.5 Å². The maximum absolute atomic E-state index is 13.1. The highest BCUT2D eigenvalue weighted by Gasteiger charge is 2.16. The van der Waals surface area contributed by atoms with Crippen molar-refractivity contribution in [1.82, 2.24) is 0 Å². The van der Waals surface area contributed by atoms with E-state index < -0.39 is 10.7 Å². The first-order chi connectivity index (χ1) is 9.90. The summed E-state index contributed by atoms with van der Waals surface area (Å²) in [6, 6.07) is 8.80. The Bertz CT molecular complexity index is 691. The van der Waals surface area contributed by atoms with Crippen molar-refractivity contribution in [3.8, 4) is 0 Å². The summed E-state index contributed by atoms with van der Waals surface area (Å²) < 4.78 is 13.1. The quantitative estimate of drug-likeness (QED) is 0.647. The van der Waals surface area contributed by atoms with E-state index in [1.165, 1.54) is 18.2 Å². The van der Waals surface area contributed by atoms with Gasteiger partial charge in [-0.05, 0) is 37.6 Å². The Labute approximate surface area is 126 Å². The number of anilines is 1. The van der Waals surface area contributed by atoms with Gasteiger partial charge in [0, 0.05) is 22.3 Å². The number of rotatable bonds is 4. The Morgan fingerprint density at radius 1 is 1.33 bits per heavy atom. The van der Waals surface area contributed by atoms with E-state index in [0.717, 1.165) is 5.56 Å². The van der Waals surface area contributed by atoms with E-state index in [1.807, 2.05) is 6.92 Å². The van der Waals surface area contributed by atoms with Gasteiger partial charge in [-0.1, -0.05) is 23.7 Å². The standard InChI is InChI=1S/C15H14ClFN2O2/c1-9-14(4-3-5-15(9)19(20)21)18-10(2)12-7-6-11(17)8-13(12)16/h3-8,10,18H,1-2H3. The molecule has 0 spiro atoms. The van der Waals surface area contributed by atoms with E-state index in [9.17, 15) is 14.5 Å². The molecule has 0 amide bonds. The van der Waals surface area contributed by atoms with Crippen LogP contribution in [-0.2, 0) is 0 Å². The highest BCUT2D eigenvalue weighted by Crippen LogP contribution is 2.30. The zero-order valence-corrected chi connectivity index (χ0v) is 12.3. The smallest absolute Gasteiger partial charge is 0.274 e. The van der Waals surface area contributed by atoms with E-state index in [4.69, 9.17) is 11.6 Å². The lowest BCUT2D eigenvalue weighted by molar-refractivity contribution is -0.385. The molecule has 0 aromatic heterocycles. The molecule has 2 aromatic rings. The fourth-order valence-corrected chi connectivity index (χ4v) is 2.47. The fourth-order valence-electron chi connectivity index (χ4n) is 2.14. The minimum Gasteiger partial charge on any atom is -0.378 e. The molecule has 0 bridgehead atoms. The van der Waals surface area contributed by atoms with Crippen molar-refractivity contribution in [2.45, 2.75) is 19.9 Å². The number of halogens is 2. The Kier molecular flexibility index (Phi) is 4.43. The van der Waals surface area contributed by atoms with Crippen LogP contribution >= 0.6 is 11.6 Å². The van der Waals surface area contributed by atoms with Crippen molar-refractivity contribution in [3.63, 3.8) is 0 Å². The second-order valence-corrected chi connectivity index (χ2v) is 5.15. The first-order valence-corrected chi connectivity index (χ1v) is 6.73. The van der Waals surface area contributed by atoms with Crippen molar-refractivity contribution < 1.29 is 9.31 Å². The summed E-state index contributed by atoms with van der Waals surface area (Å²) in [6.07, 6.45) is 0. The summed E-state index contributed by atoms with van der Waals surface area (Å²) in [4.78, 5) is 10.5. The molecule has 1 unspecified atom stereocenters. The number of nitrogens with one attached hydrogen (secondary N) is 1. The van der Waals surface area contributed by atoms with Crippen LogP contribution < -0.4 is 5.32 Å². The van der Waals surface area contributed by atoms with Crippen molar-refractivity contribution in [1.29, 1.82) is 0 Å². The van der Waals surface area contributed by atoms with Crippen molar-refractivity contribution in [2.24, 2.45) is 0 Å². The average molecular weight is 309 g/mol. The second kappa shape index (κ2) is 6.10. The third-order valence-electron chi connectivity index (χ3n) is 3.30. The molecule has 0 aliphatic heterocycles. The van der Waals surface area contributed by atoms with Crippen LogP contribution in [0.15, 0.2) is 36.4 Å². The maximum Gasteiger partial charge on any atom is 0.274 e. The second-order valence-electron chi connectivity index (χ2n) is 4.74. The third-order valence-corrected chi connectivity index (χ3v) is 3.63. The molecule has 6 heteroatoms. The molecule has 0 saturated heterocycles. The highest BCUT2D eigenvalue weighted by molar-refractivity contribution is 6.31. The number of hydrogen-bond acceptors (Lipinski definition) is 3. The summed E-state index contributed by atoms with van der Waals surface area (Å²) in [6.45, 7) is 3.54. The Balaban J connectivity index is 2.29. The van der Waals surface area contributed by atoms with Gasteiger partial charge in [-0.3, -0.25) is 10.1 Å². The molecule has 1 atom stereocenters. The zero-order valence-electron chi connectivity index (χ0n) is 11.6. The van der Waals surface area contributed by atoms with Crippen molar-refractivity contribution in [2.75, 3.05) is 5.32 Å². The number of nitro benzene ring substituents is 1. The van der Waals surface area contributed by atoms with Crippen LogP contribution in [0.25, 0.3) is 0 Å². The molecular weight excluding hydrogens is 295 g/mol. The number of benzene rings is 2. The molecule has 1 N–H and O–H groups in total. The Morgan fingerprint density at radius 3 is 2.67 bits per heavy atom. The molecule has 0 saturated carbocycles. The lowest BCUT2D eigenvalue weighted by atomic mass is 10.1. The normalized spacial score (nSPS) is 12.0. The van der Waals surface area contributed by atoms with Crippen LogP contribution in [0.1, 0.15) is 24.1 Å².